The van der Waals surface area contributed by atoms with Crippen LogP contribution >= 0.6 is 0 Å². The summed E-state index contributed by atoms with van der Waals surface area (Å²) in [6.07, 6.45) is -0.0362. The molecular weight excluding hydrogens is 388 g/mol. The first-order chi connectivity index (χ1) is 7.50. The van der Waals surface area contributed by atoms with Crippen molar-refractivity contribution >= 4 is 11.8 Å². The van der Waals surface area contributed by atoms with Crippen LogP contribution in [0.2, 0.25) is 0 Å². The van der Waals surface area contributed by atoms with Crippen LogP contribution in [0.3, 0.4) is 0 Å². The van der Waals surface area contributed by atoms with Crippen LogP contribution in [0.25, 0.3) is 0 Å². The topological polar surface area (TPSA) is 40.5 Å². The predicted molar refractivity (Wildman–Crippen MR) is 64.2 cm³/mol. The molecule has 0 fully saturated rings. The summed E-state index contributed by atoms with van der Waals surface area (Å²) in [5.74, 6) is 0.486. The second-order valence-corrected chi connectivity index (χ2v) is 4.75. The van der Waals surface area contributed by atoms with Crippen molar-refractivity contribution < 1.29 is 30.3 Å². The minimum Gasteiger partial charge on any atom is -0.465 e. The zero-order chi connectivity index (χ0) is 11.9. The maximum atomic E-state index is 11.1. The summed E-state index contributed by atoms with van der Waals surface area (Å²) in [5, 5.41) is 9.13. The summed E-state index contributed by atoms with van der Waals surface area (Å²) in [4.78, 5) is 12.6. The Morgan fingerprint density at radius 3 is 2.65 bits per heavy atom. The SMILES string of the molecule is CC(C)c1ccc2c(c1)C[C@@H](C)N2C(=O)O.[Re]. The van der Waals surface area contributed by atoms with Gasteiger partial charge in [0.15, 0.2) is 0 Å². The summed E-state index contributed by atoms with van der Waals surface area (Å²) in [6, 6.07) is 6.15. The molecule has 1 N–H and O–H groups in total. The normalized spacial score (nSPS) is 17.9. The van der Waals surface area contributed by atoms with E-state index in [0.717, 1.165) is 17.7 Å². The predicted octanol–water partition coefficient (Wildman–Crippen LogP) is 3.24. The standard InChI is InChI=1S/C13H17NO2.Re/c1-8(2)10-4-5-12-11(7-10)6-9(3)14(12)13(15)16;/h4-5,7-9H,6H2,1-3H3,(H,15,16);/t9-;/m1./s1. The van der Waals surface area contributed by atoms with Gasteiger partial charge < -0.3 is 5.11 Å². The molecule has 17 heavy (non-hydrogen) atoms. The van der Waals surface area contributed by atoms with E-state index in [1.165, 1.54) is 10.5 Å². The molecule has 0 saturated carbocycles. The maximum Gasteiger partial charge on any atom is 0.412 e. The number of rotatable bonds is 1. The third-order valence-electron chi connectivity index (χ3n) is 3.19. The van der Waals surface area contributed by atoms with Gasteiger partial charge >= 0.3 is 6.09 Å². The van der Waals surface area contributed by atoms with E-state index in [4.69, 9.17) is 5.11 Å². The zero-order valence-electron chi connectivity index (χ0n) is 10.3. The molecule has 0 unspecified atom stereocenters. The van der Waals surface area contributed by atoms with Crippen LogP contribution in [-0.2, 0) is 26.8 Å². The Bertz CT molecular complexity index is 431. The van der Waals surface area contributed by atoms with Crippen LogP contribution in [0.5, 0.6) is 0 Å². The summed E-state index contributed by atoms with van der Waals surface area (Å²) < 4.78 is 0. The van der Waals surface area contributed by atoms with Gasteiger partial charge in [0.2, 0.25) is 0 Å². The molecule has 0 spiro atoms. The third kappa shape index (κ3) is 2.54. The number of benzene rings is 1. The second kappa shape index (κ2) is 5.20. The smallest absolute Gasteiger partial charge is 0.412 e. The number of hydrogen-bond acceptors (Lipinski definition) is 1. The first-order valence-corrected chi connectivity index (χ1v) is 5.65. The molecule has 1 amide bonds. The Morgan fingerprint density at radius 1 is 1.47 bits per heavy atom. The molecule has 0 aliphatic carbocycles. The van der Waals surface area contributed by atoms with Crippen molar-refractivity contribution in [3.8, 4) is 0 Å². The van der Waals surface area contributed by atoms with Gasteiger partial charge in [-0.15, -0.1) is 0 Å². The molecule has 0 aromatic heterocycles. The molecule has 1 aromatic rings. The van der Waals surface area contributed by atoms with E-state index in [9.17, 15) is 4.79 Å². The van der Waals surface area contributed by atoms with E-state index < -0.39 is 6.09 Å². The minimum absolute atomic E-state index is 0. The molecule has 3 nitrogen and oxygen atoms in total. The number of carboxylic acid groups (broad SMARTS) is 1. The molecule has 1 aliphatic heterocycles. The Labute approximate surface area is 115 Å². The first kappa shape index (κ1) is 14.2. The molecule has 1 aromatic carbocycles. The summed E-state index contributed by atoms with van der Waals surface area (Å²) in [6.45, 7) is 6.24. The van der Waals surface area contributed by atoms with Gasteiger partial charge in [-0.2, -0.15) is 0 Å². The first-order valence-electron chi connectivity index (χ1n) is 5.65. The monoisotopic (exact) mass is 406 g/mol. The Balaban J connectivity index is 0.00000144. The summed E-state index contributed by atoms with van der Waals surface area (Å²) in [7, 11) is 0. The van der Waals surface area contributed by atoms with Crippen LogP contribution < -0.4 is 4.90 Å². The van der Waals surface area contributed by atoms with Crippen LogP contribution in [0.1, 0.15) is 37.8 Å². The van der Waals surface area contributed by atoms with Gasteiger partial charge in [0.05, 0.1) is 5.69 Å². The van der Waals surface area contributed by atoms with E-state index in [1.54, 1.807) is 0 Å². The molecule has 4 heteroatoms. The molecule has 1 heterocycles. The van der Waals surface area contributed by atoms with Crippen molar-refractivity contribution in [3.63, 3.8) is 0 Å². The van der Waals surface area contributed by atoms with Crippen LogP contribution in [-0.4, -0.2) is 17.2 Å². The fourth-order valence-electron chi connectivity index (χ4n) is 2.30. The Hall–Kier alpha value is -0.848. The number of anilines is 1. The van der Waals surface area contributed by atoms with Gasteiger partial charge in [0.1, 0.15) is 0 Å². The van der Waals surface area contributed by atoms with Gasteiger partial charge in [-0.25, -0.2) is 4.79 Å². The number of nitrogens with zero attached hydrogens (tertiary/aromatic N) is 1. The third-order valence-corrected chi connectivity index (χ3v) is 3.19. The van der Waals surface area contributed by atoms with Crippen LogP contribution in [0.4, 0.5) is 10.5 Å². The van der Waals surface area contributed by atoms with Crippen molar-refractivity contribution in [1.82, 2.24) is 0 Å². The molecule has 0 bridgehead atoms. The number of carbonyl (C=O) groups is 1. The fraction of sp³-hybridized carbons (Fsp3) is 0.462. The van der Waals surface area contributed by atoms with Crippen molar-refractivity contribution in [1.29, 1.82) is 0 Å². The number of hydrogen-bond donors (Lipinski definition) is 1. The largest absolute Gasteiger partial charge is 0.465 e. The Kier molecular flexibility index (Phi) is 4.35. The van der Waals surface area contributed by atoms with Crippen molar-refractivity contribution in [3.05, 3.63) is 29.3 Å². The second-order valence-electron chi connectivity index (χ2n) is 4.75. The quantitative estimate of drug-likeness (QED) is 0.779. The fourth-order valence-corrected chi connectivity index (χ4v) is 2.30. The minimum atomic E-state index is -0.858. The molecule has 0 saturated heterocycles. The van der Waals surface area contributed by atoms with E-state index in [-0.39, 0.29) is 26.5 Å². The van der Waals surface area contributed by atoms with E-state index in [0.29, 0.717) is 5.92 Å². The van der Waals surface area contributed by atoms with E-state index in [1.807, 2.05) is 19.1 Å². The maximum absolute atomic E-state index is 11.1. The van der Waals surface area contributed by atoms with Crippen molar-refractivity contribution in [2.24, 2.45) is 0 Å². The zero-order valence-corrected chi connectivity index (χ0v) is 13.0. The van der Waals surface area contributed by atoms with Crippen LogP contribution in [0, 0.1) is 0 Å². The molecule has 1 aliphatic rings. The molecule has 93 valence electrons. The number of amides is 1. The molecular formula is C13H17NO2Re. The van der Waals surface area contributed by atoms with E-state index >= 15 is 0 Å². The number of fused-ring (bicyclic) bond motifs is 1. The van der Waals surface area contributed by atoms with Crippen LogP contribution in [0.15, 0.2) is 18.2 Å². The summed E-state index contributed by atoms with van der Waals surface area (Å²) >= 11 is 0. The van der Waals surface area contributed by atoms with E-state index in [2.05, 4.69) is 19.9 Å². The molecule has 1 radical (unpaired) electrons. The van der Waals surface area contributed by atoms with Gasteiger partial charge in [-0.05, 0) is 36.5 Å². The average Bonchev–Trinajstić information content (AvgIpc) is 2.51. The molecule has 2 rings (SSSR count). The van der Waals surface area contributed by atoms with Gasteiger partial charge in [0.25, 0.3) is 0 Å². The van der Waals surface area contributed by atoms with Gasteiger partial charge in [-0.3, -0.25) is 4.90 Å². The molecule has 1 atom stereocenters. The average molecular weight is 405 g/mol. The van der Waals surface area contributed by atoms with Gasteiger partial charge in [0, 0.05) is 26.5 Å². The van der Waals surface area contributed by atoms with Gasteiger partial charge in [-0.1, -0.05) is 26.0 Å². The Morgan fingerprint density at radius 2 is 2.12 bits per heavy atom. The van der Waals surface area contributed by atoms with Crippen molar-refractivity contribution in [2.75, 3.05) is 4.90 Å². The van der Waals surface area contributed by atoms with Crippen molar-refractivity contribution in [2.45, 2.75) is 39.2 Å². The summed E-state index contributed by atoms with van der Waals surface area (Å²) in [5.41, 5.74) is 3.28.